The molecular weight excluding hydrogens is 186 g/mol. The van der Waals surface area contributed by atoms with Crippen LogP contribution >= 0.6 is 0 Å². The van der Waals surface area contributed by atoms with Crippen LogP contribution in [0.3, 0.4) is 0 Å². The van der Waals surface area contributed by atoms with E-state index in [1.54, 1.807) is 0 Å². The predicted octanol–water partition coefficient (Wildman–Crippen LogP) is 0.479. The Morgan fingerprint density at radius 3 is 2.67 bits per heavy atom. The van der Waals surface area contributed by atoms with Crippen LogP contribution < -0.4 is 5.32 Å². The molecule has 2 rings (SSSR count). The van der Waals surface area contributed by atoms with Crippen LogP contribution in [0.4, 0.5) is 0 Å². The maximum atomic E-state index is 3.34. The second-order valence-electron chi connectivity index (χ2n) is 5.49. The normalized spacial score (nSPS) is 28.6. The van der Waals surface area contributed by atoms with E-state index in [2.05, 4.69) is 29.2 Å². The molecule has 2 heterocycles. The van der Waals surface area contributed by atoms with Crippen molar-refractivity contribution in [1.82, 2.24) is 15.1 Å². The number of hydrogen-bond acceptors (Lipinski definition) is 3. The minimum absolute atomic E-state index is 0.918. The number of nitrogens with zero attached hydrogens (tertiary/aromatic N) is 2. The van der Waals surface area contributed by atoms with E-state index in [1.165, 1.54) is 52.1 Å². The summed E-state index contributed by atoms with van der Waals surface area (Å²) in [6, 6.07) is 0. The summed E-state index contributed by atoms with van der Waals surface area (Å²) in [5, 5.41) is 3.34. The first-order valence-electron chi connectivity index (χ1n) is 6.32. The van der Waals surface area contributed by atoms with E-state index in [-0.39, 0.29) is 0 Å². The van der Waals surface area contributed by atoms with Crippen LogP contribution in [0.1, 0.15) is 12.8 Å². The minimum atomic E-state index is 0.918. The lowest BCUT2D eigenvalue weighted by Gasteiger charge is -2.31. The standard InChI is InChI=1S/C12H25N3/c1-14-5-3-11(9-14)4-6-15(2)10-12-7-13-8-12/h11-13H,3-10H2,1-2H3. The maximum absolute atomic E-state index is 3.34. The summed E-state index contributed by atoms with van der Waals surface area (Å²) in [4.78, 5) is 4.98. The highest BCUT2D eigenvalue weighted by Gasteiger charge is 2.21. The average Bonchev–Trinajstić information content (AvgIpc) is 2.55. The lowest BCUT2D eigenvalue weighted by molar-refractivity contribution is 0.213. The molecule has 3 nitrogen and oxygen atoms in total. The van der Waals surface area contributed by atoms with Gasteiger partial charge in [-0.25, -0.2) is 0 Å². The molecule has 0 aromatic carbocycles. The van der Waals surface area contributed by atoms with Crippen molar-refractivity contribution < 1.29 is 0 Å². The van der Waals surface area contributed by atoms with Gasteiger partial charge in [-0.3, -0.25) is 0 Å². The summed E-state index contributed by atoms with van der Waals surface area (Å²) in [5.74, 6) is 1.87. The SMILES string of the molecule is CN1CCC(CCN(C)CC2CNC2)C1. The average molecular weight is 211 g/mol. The molecule has 2 aliphatic rings. The van der Waals surface area contributed by atoms with Crippen molar-refractivity contribution in [2.45, 2.75) is 12.8 Å². The third-order valence-corrected chi connectivity index (χ3v) is 3.84. The first kappa shape index (κ1) is 11.4. The van der Waals surface area contributed by atoms with Crippen molar-refractivity contribution >= 4 is 0 Å². The Balaban J connectivity index is 1.56. The van der Waals surface area contributed by atoms with Gasteiger partial charge in [-0.05, 0) is 51.9 Å². The highest BCUT2D eigenvalue weighted by atomic mass is 15.1. The van der Waals surface area contributed by atoms with Gasteiger partial charge in [-0.15, -0.1) is 0 Å². The van der Waals surface area contributed by atoms with Crippen molar-refractivity contribution in [3.63, 3.8) is 0 Å². The van der Waals surface area contributed by atoms with Gasteiger partial charge < -0.3 is 15.1 Å². The molecule has 88 valence electrons. The van der Waals surface area contributed by atoms with Gasteiger partial charge in [0.2, 0.25) is 0 Å². The first-order valence-corrected chi connectivity index (χ1v) is 6.32. The molecule has 15 heavy (non-hydrogen) atoms. The zero-order valence-electron chi connectivity index (χ0n) is 10.2. The van der Waals surface area contributed by atoms with E-state index in [1.807, 2.05) is 0 Å². The third kappa shape index (κ3) is 3.44. The third-order valence-electron chi connectivity index (χ3n) is 3.84. The van der Waals surface area contributed by atoms with Gasteiger partial charge >= 0.3 is 0 Å². The van der Waals surface area contributed by atoms with E-state index in [9.17, 15) is 0 Å². The molecule has 0 aromatic rings. The molecule has 2 aliphatic heterocycles. The molecule has 1 atom stereocenters. The van der Waals surface area contributed by atoms with E-state index in [4.69, 9.17) is 0 Å². The quantitative estimate of drug-likeness (QED) is 0.713. The van der Waals surface area contributed by atoms with Crippen molar-refractivity contribution in [2.24, 2.45) is 11.8 Å². The lowest BCUT2D eigenvalue weighted by Crippen LogP contribution is -2.47. The monoisotopic (exact) mass is 211 g/mol. The largest absolute Gasteiger partial charge is 0.316 e. The van der Waals surface area contributed by atoms with Crippen LogP contribution in [0, 0.1) is 11.8 Å². The molecule has 2 fully saturated rings. The molecule has 0 aliphatic carbocycles. The number of likely N-dealkylation sites (tertiary alicyclic amines) is 1. The molecule has 0 saturated carbocycles. The summed E-state index contributed by atoms with van der Waals surface area (Å²) < 4.78 is 0. The van der Waals surface area contributed by atoms with Gasteiger partial charge in [0, 0.05) is 26.2 Å². The van der Waals surface area contributed by atoms with Crippen LogP contribution in [0.15, 0.2) is 0 Å². The molecule has 0 radical (unpaired) electrons. The fraction of sp³-hybridized carbons (Fsp3) is 1.00. The zero-order chi connectivity index (χ0) is 10.7. The van der Waals surface area contributed by atoms with Crippen LogP contribution in [-0.4, -0.2) is 63.2 Å². The van der Waals surface area contributed by atoms with Gasteiger partial charge in [0.25, 0.3) is 0 Å². The van der Waals surface area contributed by atoms with Crippen molar-refractivity contribution in [3.05, 3.63) is 0 Å². The lowest BCUT2D eigenvalue weighted by atomic mass is 10.0. The molecule has 0 aromatic heterocycles. The minimum Gasteiger partial charge on any atom is -0.316 e. The number of hydrogen-bond donors (Lipinski definition) is 1. The molecule has 2 saturated heterocycles. The first-order chi connectivity index (χ1) is 7.24. The number of rotatable bonds is 5. The highest BCUT2D eigenvalue weighted by Crippen LogP contribution is 2.18. The summed E-state index contributed by atoms with van der Waals surface area (Å²) in [6.45, 7) is 7.66. The highest BCUT2D eigenvalue weighted by molar-refractivity contribution is 4.78. The van der Waals surface area contributed by atoms with Crippen LogP contribution in [0.5, 0.6) is 0 Å². The summed E-state index contributed by atoms with van der Waals surface area (Å²) >= 11 is 0. The van der Waals surface area contributed by atoms with Crippen molar-refractivity contribution in [1.29, 1.82) is 0 Å². The van der Waals surface area contributed by atoms with E-state index in [0.717, 1.165) is 11.8 Å². The Morgan fingerprint density at radius 1 is 1.33 bits per heavy atom. The van der Waals surface area contributed by atoms with Crippen molar-refractivity contribution in [2.75, 3.05) is 53.4 Å². The number of nitrogens with one attached hydrogen (secondary N) is 1. The molecule has 3 heteroatoms. The molecule has 1 unspecified atom stereocenters. The van der Waals surface area contributed by atoms with Gasteiger partial charge in [-0.1, -0.05) is 0 Å². The fourth-order valence-electron chi connectivity index (χ4n) is 2.67. The Kier molecular flexibility index (Phi) is 4.00. The predicted molar refractivity (Wildman–Crippen MR) is 64.1 cm³/mol. The van der Waals surface area contributed by atoms with Gasteiger partial charge in [0.05, 0.1) is 0 Å². The van der Waals surface area contributed by atoms with Crippen LogP contribution in [0.25, 0.3) is 0 Å². The molecule has 0 bridgehead atoms. The Bertz CT molecular complexity index is 191. The molecule has 0 spiro atoms. The van der Waals surface area contributed by atoms with Gasteiger partial charge in [-0.2, -0.15) is 0 Å². The molecule has 0 amide bonds. The Labute approximate surface area is 93.8 Å². The summed E-state index contributed by atoms with van der Waals surface area (Å²) in [5.41, 5.74) is 0. The second-order valence-corrected chi connectivity index (χ2v) is 5.49. The molecule has 1 N–H and O–H groups in total. The van der Waals surface area contributed by atoms with Gasteiger partial charge in [0.15, 0.2) is 0 Å². The molecular formula is C12H25N3. The fourth-order valence-corrected chi connectivity index (χ4v) is 2.67. The van der Waals surface area contributed by atoms with Crippen LogP contribution in [-0.2, 0) is 0 Å². The topological polar surface area (TPSA) is 18.5 Å². The van der Waals surface area contributed by atoms with E-state index in [0.29, 0.717) is 0 Å². The maximum Gasteiger partial charge on any atom is 0.00309 e. The van der Waals surface area contributed by atoms with Crippen molar-refractivity contribution in [3.8, 4) is 0 Å². The smallest absolute Gasteiger partial charge is 0.00309 e. The Hall–Kier alpha value is -0.120. The summed E-state index contributed by atoms with van der Waals surface area (Å²) in [7, 11) is 4.51. The second kappa shape index (κ2) is 5.28. The van der Waals surface area contributed by atoms with Crippen LogP contribution in [0.2, 0.25) is 0 Å². The van der Waals surface area contributed by atoms with Gasteiger partial charge in [0.1, 0.15) is 0 Å². The Morgan fingerprint density at radius 2 is 2.13 bits per heavy atom. The zero-order valence-corrected chi connectivity index (χ0v) is 10.2. The van der Waals surface area contributed by atoms with E-state index < -0.39 is 0 Å². The summed E-state index contributed by atoms with van der Waals surface area (Å²) in [6.07, 6.45) is 2.80. The van der Waals surface area contributed by atoms with E-state index >= 15 is 0 Å².